The molecule has 1 fully saturated rings. The number of nitrogens with one attached hydrogen (secondary N) is 2. The van der Waals surface area contributed by atoms with E-state index >= 15 is 0 Å². The van der Waals surface area contributed by atoms with Crippen molar-refractivity contribution < 1.29 is 39.2 Å². The molecule has 0 aromatic heterocycles. The molecule has 0 aliphatic carbocycles. The van der Waals surface area contributed by atoms with Crippen LogP contribution in [-0.4, -0.2) is 81.1 Å². The number of carbonyl (C=O) groups is 4. The minimum Gasteiger partial charge on any atom is -0.480 e. The summed E-state index contributed by atoms with van der Waals surface area (Å²) in [6.07, 6.45) is 2.89. The normalized spacial score (nSPS) is 22.5. The van der Waals surface area contributed by atoms with Gasteiger partial charge in [0.25, 0.3) is 0 Å². The van der Waals surface area contributed by atoms with Gasteiger partial charge in [-0.1, -0.05) is 26.2 Å². The molecular weight excluding hydrogens is 430 g/mol. The molecule has 31 heavy (non-hydrogen) atoms. The van der Waals surface area contributed by atoms with Gasteiger partial charge in [0, 0.05) is 23.8 Å². The largest absolute Gasteiger partial charge is 0.480 e. The van der Waals surface area contributed by atoms with E-state index in [1.165, 1.54) is 11.8 Å². The summed E-state index contributed by atoms with van der Waals surface area (Å²) in [7, 11) is 0. The van der Waals surface area contributed by atoms with Gasteiger partial charge in [-0.3, -0.25) is 19.2 Å². The lowest BCUT2D eigenvalue weighted by Gasteiger charge is -2.22. The molecule has 2 amide bonds. The van der Waals surface area contributed by atoms with E-state index in [4.69, 9.17) is 20.7 Å². The molecular formula is C19H33N3O8S. The van der Waals surface area contributed by atoms with Crippen molar-refractivity contribution in [2.45, 2.75) is 81.6 Å². The molecule has 1 rings (SSSR count). The van der Waals surface area contributed by atoms with Crippen LogP contribution in [0.4, 0.5) is 0 Å². The molecule has 178 valence electrons. The zero-order chi connectivity index (χ0) is 23.4. The van der Waals surface area contributed by atoms with E-state index in [0.717, 1.165) is 25.7 Å². The number of hydrogen-bond acceptors (Lipinski definition) is 8. The molecule has 1 aliphatic heterocycles. The Hall–Kier alpha value is -1.89. The maximum Gasteiger partial charge on any atom is 0.322 e. The van der Waals surface area contributed by atoms with Gasteiger partial charge < -0.3 is 36.4 Å². The van der Waals surface area contributed by atoms with Gasteiger partial charge in [-0.2, -0.15) is 11.8 Å². The topological polar surface area (TPSA) is 188 Å². The third kappa shape index (κ3) is 10.8. The summed E-state index contributed by atoms with van der Waals surface area (Å²) in [6, 6.07) is -2.22. The van der Waals surface area contributed by atoms with E-state index in [9.17, 15) is 24.3 Å². The van der Waals surface area contributed by atoms with Crippen LogP contribution in [0.15, 0.2) is 0 Å². The molecule has 1 saturated heterocycles. The number of aliphatic hydroxyl groups is 1. The van der Waals surface area contributed by atoms with Crippen LogP contribution >= 0.6 is 11.8 Å². The maximum absolute atomic E-state index is 12.4. The van der Waals surface area contributed by atoms with Gasteiger partial charge in [0.1, 0.15) is 18.6 Å². The van der Waals surface area contributed by atoms with Crippen LogP contribution in [0.3, 0.4) is 0 Å². The highest BCUT2D eigenvalue weighted by molar-refractivity contribution is 8.00. The number of carboxylic acid groups (broad SMARTS) is 2. The third-order valence-corrected chi connectivity index (χ3v) is 6.26. The van der Waals surface area contributed by atoms with E-state index in [0.29, 0.717) is 6.42 Å². The molecule has 12 heteroatoms. The van der Waals surface area contributed by atoms with Crippen molar-refractivity contribution in [2.75, 3.05) is 12.3 Å². The fourth-order valence-corrected chi connectivity index (χ4v) is 4.48. The number of thioether (sulfide) groups is 1. The number of aliphatic hydroxyl groups excluding tert-OH is 1. The molecule has 5 unspecified atom stereocenters. The quantitative estimate of drug-likeness (QED) is 0.175. The summed E-state index contributed by atoms with van der Waals surface area (Å²) in [5, 5.41) is 32.1. The SMILES string of the molecule is CCCCCC1OC(O)CC1SCC(NC(=O)CCC(N)C(=O)O)C(=O)NCC(=O)O. The third-order valence-electron chi connectivity index (χ3n) is 4.81. The Morgan fingerprint density at radius 1 is 1.23 bits per heavy atom. The van der Waals surface area contributed by atoms with E-state index in [1.807, 2.05) is 0 Å². The van der Waals surface area contributed by atoms with Crippen molar-refractivity contribution in [1.29, 1.82) is 0 Å². The number of amides is 2. The summed E-state index contributed by atoms with van der Waals surface area (Å²) in [5.74, 6) is -3.52. The lowest BCUT2D eigenvalue weighted by molar-refractivity contribution is -0.139. The number of nitrogens with two attached hydrogens (primary N) is 1. The van der Waals surface area contributed by atoms with Crippen molar-refractivity contribution in [2.24, 2.45) is 5.73 Å². The van der Waals surface area contributed by atoms with E-state index < -0.39 is 48.7 Å². The lowest BCUT2D eigenvalue weighted by atomic mass is 10.1. The van der Waals surface area contributed by atoms with Crippen LogP contribution in [0.25, 0.3) is 0 Å². The van der Waals surface area contributed by atoms with Crippen LogP contribution in [0, 0.1) is 0 Å². The van der Waals surface area contributed by atoms with Gasteiger partial charge in [-0.05, 0) is 12.8 Å². The van der Waals surface area contributed by atoms with Gasteiger partial charge in [0.15, 0.2) is 6.29 Å². The molecule has 0 saturated carbocycles. The van der Waals surface area contributed by atoms with Crippen LogP contribution in [0.5, 0.6) is 0 Å². The zero-order valence-corrected chi connectivity index (χ0v) is 18.4. The van der Waals surface area contributed by atoms with Crippen molar-refractivity contribution in [1.82, 2.24) is 10.6 Å². The first-order chi connectivity index (χ1) is 14.6. The Balaban J connectivity index is 2.67. The van der Waals surface area contributed by atoms with Gasteiger partial charge >= 0.3 is 11.9 Å². The van der Waals surface area contributed by atoms with Crippen LogP contribution in [0.2, 0.25) is 0 Å². The summed E-state index contributed by atoms with van der Waals surface area (Å²) in [6.45, 7) is 1.49. The first-order valence-corrected chi connectivity index (χ1v) is 11.4. The second-order valence-corrected chi connectivity index (χ2v) is 8.72. The average molecular weight is 464 g/mol. The first-order valence-electron chi connectivity index (χ1n) is 10.4. The Labute approximate surface area is 185 Å². The predicted molar refractivity (Wildman–Crippen MR) is 113 cm³/mol. The molecule has 1 heterocycles. The average Bonchev–Trinajstić information content (AvgIpc) is 3.06. The van der Waals surface area contributed by atoms with E-state index in [1.54, 1.807) is 0 Å². The molecule has 0 bridgehead atoms. The summed E-state index contributed by atoms with van der Waals surface area (Å²) < 4.78 is 5.56. The second kappa shape index (κ2) is 14.2. The van der Waals surface area contributed by atoms with E-state index in [-0.39, 0.29) is 29.9 Å². The molecule has 0 radical (unpaired) electrons. The highest BCUT2D eigenvalue weighted by atomic mass is 32.2. The predicted octanol–water partition coefficient (Wildman–Crippen LogP) is -0.346. The Morgan fingerprint density at radius 3 is 2.55 bits per heavy atom. The minimum atomic E-state index is -1.23. The van der Waals surface area contributed by atoms with Crippen molar-refractivity contribution in [3.05, 3.63) is 0 Å². The van der Waals surface area contributed by atoms with Gasteiger partial charge in [0.05, 0.1) is 6.10 Å². The highest BCUT2D eigenvalue weighted by Gasteiger charge is 2.35. The smallest absolute Gasteiger partial charge is 0.322 e. The molecule has 5 atom stereocenters. The van der Waals surface area contributed by atoms with Crippen molar-refractivity contribution in [3.8, 4) is 0 Å². The number of unbranched alkanes of at least 4 members (excludes halogenated alkanes) is 2. The van der Waals surface area contributed by atoms with Crippen LogP contribution in [-0.2, 0) is 23.9 Å². The van der Waals surface area contributed by atoms with Gasteiger partial charge in [-0.25, -0.2) is 0 Å². The monoisotopic (exact) mass is 463 g/mol. The van der Waals surface area contributed by atoms with Gasteiger partial charge in [-0.15, -0.1) is 0 Å². The lowest BCUT2D eigenvalue weighted by Crippen LogP contribution is -2.50. The molecule has 1 aliphatic rings. The summed E-state index contributed by atoms with van der Waals surface area (Å²) in [5.41, 5.74) is 5.39. The van der Waals surface area contributed by atoms with Crippen molar-refractivity contribution >= 4 is 35.5 Å². The Kier molecular flexibility index (Phi) is 12.5. The second-order valence-electron chi connectivity index (χ2n) is 7.45. The zero-order valence-electron chi connectivity index (χ0n) is 17.6. The fraction of sp³-hybridized carbons (Fsp3) is 0.789. The highest BCUT2D eigenvalue weighted by Crippen LogP contribution is 2.33. The fourth-order valence-electron chi connectivity index (χ4n) is 3.09. The summed E-state index contributed by atoms with van der Waals surface area (Å²) >= 11 is 1.37. The molecule has 11 nitrogen and oxygen atoms in total. The first kappa shape index (κ1) is 27.1. The number of carbonyl (C=O) groups excluding carboxylic acids is 2. The number of aliphatic carboxylic acids is 2. The number of carboxylic acids is 2. The summed E-state index contributed by atoms with van der Waals surface area (Å²) in [4.78, 5) is 46.1. The number of ether oxygens (including phenoxy) is 1. The molecule has 0 aromatic carbocycles. The van der Waals surface area contributed by atoms with Crippen LogP contribution in [0.1, 0.15) is 51.9 Å². The van der Waals surface area contributed by atoms with Crippen molar-refractivity contribution in [3.63, 3.8) is 0 Å². The Morgan fingerprint density at radius 2 is 1.94 bits per heavy atom. The van der Waals surface area contributed by atoms with Gasteiger partial charge in [0.2, 0.25) is 11.8 Å². The standard InChI is InChI=1S/C19H33N3O8S/c1-2-3-4-5-13-14(8-17(26)30-13)31-10-12(18(27)21-9-16(24)25)22-15(23)7-6-11(20)19(28)29/h11-14,17,26H,2-10,20H2,1H3,(H,21,27)(H,22,23)(H,24,25)(H,28,29). The maximum atomic E-state index is 12.4. The Bertz CT molecular complexity index is 621. The molecule has 7 N–H and O–H groups in total. The minimum absolute atomic E-state index is 0.0704. The number of hydrogen-bond donors (Lipinski definition) is 6. The number of rotatable bonds is 15. The van der Waals surface area contributed by atoms with Crippen LogP contribution < -0.4 is 16.4 Å². The molecule has 0 spiro atoms. The van der Waals surface area contributed by atoms with E-state index in [2.05, 4.69) is 17.6 Å². The molecule has 0 aromatic rings.